The van der Waals surface area contributed by atoms with Crippen LogP contribution in [0.3, 0.4) is 0 Å². The van der Waals surface area contributed by atoms with Gasteiger partial charge in [0.05, 0.1) is 17.1 Å². The Labute approximate surface area is 275 Å². The van der Waals surface area contributed by atoms with E-state index in [1.165, 1.54) is 61.9 Å². The van der Waals surface area contributed by atoms with Crippen molar-refractivity contribution in [2.75, 3.05) is 25.9 Å². The molecule has 0 spiro atoms. The van der Waals surface area contributed by atoms with Crippen LogP contribution < -0.4 is 22.9 Å². The maximum atomic E-state index is 6.04. The van der Waals surface area contributed by atoms with Crippen LogP contribution in [0.4, 0.5) is 17.1 Å². The summed E-state index contributed by atoms with van der Waals surface area (Å²) in [4.78, 5) is 7.86. The van der Waals surface area contributed by atoms with Crippen LogP contribution in [0.1, 0.15) is 80.1 Å². The minimum absolute atomic E-state index is 0.635. The molecule has 0 saturated heterocycles. The van der Waals surface area contributed by atoms with Gasteiger partial charge in [-0.2, -0.15) is 0 Å². The number of nitrogen functional groups attached to an aromatic ring is 1. The molecular formula is C39H62N6. The molecule has 0 saturated carbocycles. The van der Waals surface area contributed by atoms with E-state index in [4.69, 9.17) is 17.2 Å². The molecule has 0 radical (unpaired) electrons. The van der Waals surface area contributed by atoms with Gasteiger partial charge < -0.3 is 22.9 Å². The number of anilines is 1. The number of unbranched alkanes of at least 4 members (excludes halogenated alkanes) is 4. The van der Waals surface area contributed by atoms with Crippen molar-refractivity contribution in [1.82, 2.24) is 0 Å². The SMILES string of the molecule is C=Nc1ccc(-c2ccc3cc(-c4ccc(N=C)c(N)c4)ccc3c2)cc1.CC.CC.CCCCCN.CCCCCN.CN. The maximum Gasteiger partial charge on any atom is 0.0852 e. The lowest BCUT2D eigenvalue weighted by molar-refractivity contribution is 0.727. The number of nitrogens with zero attached hydrogens (tertiary/aromatic N) is 2. The fourth-order valence-corrected chi connectivity index (χ4v) is 4.03. The van der Waals surface area contributed by atoms with E-state index in [9.17, 15) is 0 Å². The average Bonchev–Trinajstić information content (AvgIpc) is 3.12. The second-order valence-electron chi connectivity index (χ2n) is 9.40. The van der Waals surface area contributed by atoms with Crippen molar-refractivity contribution in [3.05, 3.63) is 78.9 Å². The molecule has 248 valence electrons. The first-order chi connectivity index (χ1) is 22.0. The van der Waals surface area contributed by atoms with Gasteiger partial charge in [-0.3, -0.25) is 9.98 Å². The van der Waals surface area contributed by atoms with Gasteiger partial charge in [0, 0.05) is 0 Å². The number of hydrogen-bond donors (Lipinski definition) is 4. The van der Waals surface area contributed by atoms with Gasteiger partial charge in [0.15, 0.2) is 0 Å². The van der Waals surface area contributed by atoms with Gasteiger partial charge in [0.1, 0.15) is 0 Å². The van der Waals surface area contributed by atoms with Crippen molar-refractivity contribution in [2.45, 2.75) is 80.1 Å². The first-order valence-corrected chi connectivity index (χ1v) is 16.5. The van der Waals surface area contributed by atoms with Crippen molar-refractivity contribution in [3.8, 4) is 22.3 Å². The molecule has 4 aromatic carbocycles. The molecule has 0 aliphatic carbocycles. The van der Waals surface area contributed by atoms with Crippen LogP contribution in [0.15, 0.2) is 88.8 Å². The van der Waals surface area contributed by atoms with E-state index in [-0.39, 0.29) is 0 Å². The van der Waals surface area contributed by atoms with Crippen LogP contribution in [0.2, 0.25) is 0 Å². The topological polar surface area (TPSA) is 129 Å². The molecule has 45 heavy (non-hydrogen) atoms. The van der Waals surface area contributed by atoms with Crippen molar-refractivity contribution in [2.24, 2.45) is 27.2 Å². The molecule has 0 fully saturated rings. The summed E-state index contributed by atoms with van der Waals surface area (Å²) in [7, 11) is 1.50. The molecule has 4 rings (SSSR count). The van der Waals surface area contributed by atoms with Crippen molar-refractivity contribution in [1.29, 1.82) is 0 Å². The Morgan fingerprint density at radius 3 is 1.29 bits per heavy atom. The predicted molar refractivity (Wildman–Crippen MR) is 208 cm³/mol. The number of hydrogen-bond acceptors (Lipinski definition) is 6. The van der Waals surface area contributed by atoms with Crippen LogP contribution in [0, 0.1) is 0 Å². The number of aliphatic imine (C=N–C) groups is 2. The van der Waals surface area contributed by atoms with Gasteiger partial charge in [0.25, 0.3) is 0 Å². The van der Waals surface area contributed by atoms with Gasteiger partial charge in [0.2, 0.25) is 0 Å². The fraction of sp³-hybridized carbons (Fsp3) is 0.385. The molecule has 0 bridgehead atoms. The molecule has 0 heterocycles. The quantitative estimate of drug-likeness (QED) is 0.0804. The summed E-state index contributed by atoms with van der Waals surface area (Å²) in [6.45, 7) is 21.2. The molecule has 8 N–H and O–H groups in total. The van der Waals surface area contributed by atoms with E-state index in [1.807, 2.05) is 58.0 Å². The van der Waals surface area contributed by atoms with Crippen molar-refractivity contribution >= 4 is 41.3 Å². The maximum absolute atomic E-state index is 6.04. The summed E-state index contributed by atoms with van der Waals surface area (Å²) < 4.78 is 0. The zero-order chi connectivity index (χ0) is 34.5. The van der Waals surface area contributed by atoms with Gasteiger partial charge in [-0.25, -0.2) is 0 Å². The molecule has 0 amide bonds. The molecule has 0 atom stereocenters. The van der Waals surface area contributed by atoms with Crippen LogP contribution >= 0.6 is 0 Å². The van der Waals surface area contributed by atoms with E-state index >= 15 is 0 Å². The smallest absolute Gasteiger partial charge is 0.0852 e. The Bertz CT molecular complexity index is 1280. The first-order valence-electron chi connectivity index (χ1n) is 16.5. The Hall–Kier alpha value is -3.84. The molecule has 0 aliphatic heterocycles. The Balaban J connectivity index is 0. The highest BCUT2D eigenvalue weighted by Gasteiger charge is 2.05. The highest BCUT2D eigenvalue weighted by atomic mass is 14.7. The first kappa shape index (κ1) is 43.3. The highest BCUT2D eigenvalue weighted by molar-refractivity contribution is 5.91. The summed E-state index contributed by atoms with van der Waals surface area (Å²) >= 11 is 0. The Morgan fingerprint density at radius 2 is 0.933 bits per heavy atom. The number of nitrogens with two attached hydrogens (primary N) is 4. The third-order valence-corrected chi connectivity index (χ3v) is 6.37. The van der Waals surface area contributed by atoms with Gasteiger partial charge in [-0.05, 0) is 116 Å². The predicted octanol–water partition coefficient (Wildman–Crippen LogP) is 10.3. The molecular weight excluding hydrogens is 552 g/mol. The second-order valence-corrected chi connectivity index (χ2v) is 9.40. The molecule has 0 aliphatic rings. The van der Waals surface area contributed by atoms with Gasteiger partial charge in [-0.1, -0.05) is 110 Å². The standard InChI is InChI=1S/C24H19N3.2C5H13N.2C2H6.CH5N/c1-26-22-10-7-16(8-11-22)17-3-4-19-14-20(6-5-18(19)13-17)21-9-12-24(27-2)23(25)15-21;2*1-2-3-4-5-6;3*1-2/h3-15H,1-2,25H2;2*2-6H2,1H3;2*1-2H3;2H2,1H3. The van der Waals surface area contributed by atoms with E-state index in [0.717, 1.165) is 35.5 Å². The van der Waals surface area contributed by atoms with Gasteiger partial charge >= 0.3 is 0 Å². The fourth-order valence-electron chi connectivity index (χ4n) is 4.03. The van der Waals surface area contributed by atoms with Crippen LogP contribution in [0.5, 0.6) is 0 Å². The average molecular weight is 615 g/mol. The monoisotopic (exact) mass is 615 g/mol. The summed E-state index contributed by atoms with van der Waals surface area (Å²) in [5.74, 6) is 0. The van der Waals surface area contributed by atoms with Crippen molar-refractivity contribution < 1.29 is 0 Å². The number of benzene rings is 4. The van der Waals surface area contributed by atoms with Crippen LogP contribution in [0.25, 0.3) is 33.0 Å². The van der Waals surface area contributed by atoms with Gasteiger partial charge in [-0.15, -0.1) is 0 Å². The van der Waals surface area contributed by atoms with Crippen LogP contribution in [-0.2, 0) is 0 Å². The largest absolute Gasteiger partial charge is 0.397 e. The third kappa shape index (κ3) is 16.7. The zero-order valence-corrected chi connectivity index (χ0v) is 29.3. The number of fused-ring (bicyclic) bond motifs is 1. The van der Waals surface area contributed by atoms with E-state index in [0.29, 0.717) is 11.4 Å². The summed E-state index contributed by atoms with van der Waals surface area (Å²) in [6.07, 6.45) is 7.51. The van der Waals surface area contributed by atoms with Crippen molar-refractivity contribution in [3.63, 3.8) is 0 Å². The Morgan fingerprint density at radius 1 is 0.533 bits per heavy atom. The number of rotatable bonds is 10. The van der Waals surface area contributed by atoms with E-state index < -0.39 is 0 Å². The minimum Gasteiger partial charge on any atom is -0.397 e. The highest BCUT2D eigenvalue weighted by Crippen LogP contribution is 2.32. The molecule has 0 unspecified atom stereocenters. The zero-order valence-electron chi connectivity index (χ0n) is 29.3. The molecule has 0 aromatic heterocycles. The van der Waals surface area contributed by atoms with E-state index in [2.05, 4.69) is 91.5 Å². The van der Waals surface area contributed by atoms with E-state index in [1.54, 1.807) is 0 Å². The minimum atomic E-state index is 0.635. The summed E-state index contributed by atoms with van der Waals surface area (Å²) in [5.41, 5.74) is 27.7. The normalized spacial score (nSPS) is 9.20. The Kier molecular flexibility index (Phi) is 27.8. The second kappa shape index (κ2) is 28.9. The summed E-state index contributed by atoms with van der Waals surface area (Å²) in [5, 5.41) is 2.38. The lowest BCUT2D eigenvalue weighted by Gasteiger charge is -2.09. The lowest BCUT2D eigenvalue weighted by atomic mass is 9.97. The molecule has 6 nitrogen and oxygen atoms in total. The molecule has 4 aromatic rings. The molecule has 6 heteroatoms. The summed E-state index contributed by atoms with van der Waals surface area (Å²) in [6, 6.07) is 26.9. The van der Waals surface area contributed by atoms with Crippen LogP contribution in [-0.4, -0.2) is 33.6 Å². The lowest BCUT2D eigenvalue weighted by Crippen LogP contribution is -1.96. The third-order valence-electron chi connectivity index (χ3n) is 6.37.